The molecule has 0 amide bonds. The number of aromatic nitrogens is 2. The summed E-state index contributed by atoms with van der Waals surface area (Å²) in [4.78, 5) is 10.2. The van der Waals surface area contributed by atoms with E-state index in [4.69, 9.17) is 9.92 Å². The van der Waals surface area contributed by atoms with Crippen LogP contribution in [0.15, 0.2) is 206 Å². The van der Waals surface area contributed by atoms with Crippen molar-refractivity contribution in [3.05, 3.63) is 230 Å². The first kappa shape index (κ1) is 39.1. The van der Waals surface area contributed by atoms with Crippen LogP contribution in [0.4, 0.5) is 22.7 Å². The molecule has 8 aromatic carbocycles. The summed E-state index contributed by atoms with van der Waals surface area (Å²) in [6, 6.07) is 78.0. The maximum absolute atomic E-state index is 5.09. The fraction of sp³-hybridized carbons (Fsp3) is 0.0536. The third kappa shape index (κ3) is 6.71. The zero-order valence-electron chi connectivity index (χ0n) is 34.2. The van der Waals surface area contributed by atoms with E-state index in [1.165, 1.54) is 27.8 Å². The average molecular weight is 981 g/mol. The van der Waals surface area contributed by atoms with Gasteiger partial charge in [-0.2, -0.15) is 46.4 Å². The van der Waals surface area contributed by atoms with Crippen LogP contribution >= 0.6 is 0 Å². The van der Waals surface area contributed by atoms with Crippen molar-refractivity contribution in [1.29, 1.82) is 0 Å². The molecule has 0 bridgehead atoms. The van der Waals surface area contributed by atoms with Gasteiger partial charge in [0.25, 0.3) is 0 Å². The molecular formula is C56H41N4OPt-. The van der Waals surface area contributed by atoms with E-state index in [2.05, 4.69) is 213 Å². The van der Waals surface area contributed by atoms with Gasteiger partial charge in [0.05, 0.1) is 0 Å². The summed E-state index contributed by atoms with van der Waals surface area (Å²) in [7, 11) is 0. The summed E-state index contributed by atoms with van der Waals surface area (Å²) >= 11 is 0. The first-order valence-corrected chi connectivity index (χ1v) is 20.7. The van der Waals surface area contributed by atoms with Crippen LogP contribution in [-0.4, -0.2) is 14.5 Å². The molecule has 1 aliphatic rings. The number of fused-ring (bicyclic) bond motifs is 4. The molecule has 2 aromatic heterocycles. The number of para-hydroxylation sites is 4. The number of pyridine rings is 1. The molecular weight excluding hydrogens is 940 g/mol. The van der Waals surface area contributed by atoms with Crippen LogP contribution < -0.4 is 10.1 Å². The van der Waals surface area contributed by atoms with Gasteiger partial charge in [-0.15, -0.1) is 22.6 Å². The van der Waals surface area contributed by atoms with Gasteiger partial charge in [0.15, 0.2) is 0 Å². The van der Waals surface area contributed by atoms with Crippen molar-refractivity contribution in [1.82, 2.24) is 9.55 Å². The van der Waals surface area contributed by atoms with Crippen LogP contribution in [0.3, 0.4) is 0 Å². The van der Waals surface area contributed by atoms with E-state index in [0.717, 1.165) is 67.1 Å². The van der Waals surface area contributed by atoms with Gasteiger partial charge in [-0.1, -0.05) is 152 Å². The second-order valence-electron chi connectivity index (χ2n) is 16.0. The van der Waals surface area contributed by atoms with Crippen molar-refractivity contribution in [2.75, 3.05) is 10.1 Å². The van der Waals surface area contributed by atoms with Crippen molar-refractivity contribution < 1.29 is 26.0 Å². The van der Waals surface area contributed by atoms with Crippen LogP contribution in [0, 0.1) is 12.1 Å². The minimum atomic E-state index is -0.460. The van der Waals surface area contributed by atoms with Crippen LogP contribution in [0.1, 0.15) is 25.0 Å². The third-order valence-corrected chi connectivity index (χ3v) is 12.0. The maximum atomic E-state index is 5.09. The molecule has 3 heterocycles. The number of nitrogens with zero attached hydrogens (tertiary/aromatic N) is 4. The molecule has 62 heavy (non-hydrogen) atoms. The Morgan fingerprint density at radius 1 is 0.500 bits per heavy atom. The van der Waals surface area contributed by atoms with E-state index >= 15 is 0 Å². The monoisotopic (exact) mass is 980 g/mol. The summed E-state index contributed by atoms with van der Waals surface area (Å²) in [5, 5.41) is 6.27. The fourth-order valence-electron chi connectivity index (χ4n) is 8.81. The second-order valence-corrected chi connectivity index (χ2v) is 16.0. The molecule has 0 unspecified atom stereocenters. The molecule has 0 saturated carbocycles. The van der Waals surface area contributed by atoms with E-state index in [1.54, 1.807) is 0 Å². The zero-order valence-corrected chi connectivity index (χ0v) is 36.5. The van der Waals surface area contributed by atoms with Gasteiger partial charge in [-0.25, -0.2) is 4.98 Å². The van der Waals surface area contributed by atoms with Crippen molar-refractivity contribution in [2.24, 2.45) is 0 Å². The molecule has 0 fully saturated rings. The zero-order chi connectivity index (χ0) is 40.9. The molecule has 6 heteroatoms. The van der Waals surface area contributed by atoms with Gasteiger partial charge in [0.1, 0.15) is 22.9 Å². The first-order valence-electron chi connectivity index (χ1n) is 20.7. The molecule has 0 radical (unpaired) electrons. The van der Waals surface area contributed by atoms with E-state index in [-0.39, 0.29) is 21.1 Å². The Hall–Kier alpha value is -7.04. The largest absolute Gasteiger partial charge is 0.319 e. The molecule has 0 spiro atoms. The Balaban J connectivity index is 0.00000458. The molecule has 11 rings (SSSR count). The number of rotatable bonds is 8. The molecule has 10 aromatic rings. The van der Waals surface area contributed by atoms with E-state index < -0.39 is 5.41 Å². The summed E-state index contributed by atoms with van der Waals surface area (Å²) in [5.41, 5.74) is 14.6. The number of hydrogen-bond donors (Lipinski definition) is 0. The molecule has 1 aliphatic heterocycles. The predicted molar refractivity (Wildman–Crippen MR) is 250 cm³/mol. The fourth-order valence-corrected chi connectivity index (χ4v) is 8.81. The van der Waals surface area contributed by atoms with Crippen LogP contribution in [0.25, 0.3) is 61.0 Å². The SMILES string of the molecule is CC(C)(c1[c-]c(N2[OH+]N(c3ccccc3)c3ccccc32)ccc1)c1[c-]c2c(cc1)c1ccccc1n2-c1cc(-c2c(-c3ccccc3)cccc2-c2ccccc2)ccn1.[Pt]. The van der Waals surface area contributed by atoms with Gasteiger partial charge < -0.3 is 4.57 Å². The Morgan fingerprint density at radius 2 is 1.10 bits per heavy atom. The van der Waals surface area contributed by atoms with Crippen molar-refractivity contribution in [2.45, 2.75) is 19.3 Å². The minimum Gasteiger partial charge on any atom is -0.319 e. The van der Waals surface area contributed by atoms with Crippen molar-refractivity contribution >= 4 is 44.6 Å². The van der Waals surface area contributed by atoms with Crippen LogP contribution in [-0.2, 0) is 26.5 Å². The van der Waals surface area contributed by atoms with Crippen LogP contribution in [0.2, 0.25) is 0 Å². The molecule has 1 N–H and O–H groups in total. The molecule has 0 saturated heterocycles. The molecule has 302 valence electrons. The Kier molecular flexibility index (Phi) is 10.2. The van der Waals surface area contributed by atoms with E-state index in [0.29, 0.717) is 0 Å². The summed E-state index contributed by atoms with van der Waals surface area (Å²) in [6.07, 6.45) is 1.94. The van der Waals surface area contributed by atoms with Gasteiger partial charge in [-0.3, -0.25) is 0 Å². The van der Waals surface area contributed by atoms with Gasteiger partial charge in [0.2, 0.25) is 0 Å². The number of benzene rings is 8. The van der Waals surface area contributed by atoms with Gasteiger partial charge in [0, 0.05) is 38.5 Å². The first-order chi connectivity index (χ1) is 30.0. The molecule has 0 atom stereocenters. The Bertz CT molecular complexity index is 3160. The van der Waals surface area contributed by atoms with Crippen molar-refractivity contribution in [3.8, 4) is 39.2 Å². The van der Waals surface area contributed by atoms with Crippen LogP contribution in [0.5, 0.6) is 0 Å². The third-order valence-electron chi connectivity index (χ3n) is 12.0. The maximum Gasteiger partial charge on any atom is 0.148 e. The van der Waals surface area contributed by atoms with Gasteiger partial charge >= 0.3 is 0 Å². The summed E-state index contributed by atoms with van der Waals surface area (Å²) < 4.78 is 2.28. The predicted octanol–water partition coefficient (Wildman–Crippen LogP) is 14.2. The molecule has 0 aliphatic carbocycles. The standard InChI is InChI=1S/C56H40N4O.Pt/c1-56(2,42-22-16-25-45(37-42)60-52-31-15-14-30-51(52)59(61-60)44-23-10-5-11-24-44)43-32-33-49-48-26-12-13-29-50(48)58(53(49)38-43)54-36-41(34-35-57-54)55-46(39-18-6-3-7-19-39)27-17-28-47(55)40-20-8-4-9-21-40;/h3-36H,1-2H3;/q-2;/p+1. The molecule has 5 nitrogen and oxygen atoms in total. The van der Waals surface area contributed by atoms with E-state index in [9.17, 15) is 0 Å². The average Bonchev–Trinajstić information content (AvgIpc) is 3.88. The number of anilines is 4. The van der Waals surface area contributed by atoms with Crippen molar-refractivity contribution in [3.63, 3.8) is 0 Å². The quantitative estimate of drug-likeness (QED) is 0.112. The van der Waals surface area contributed by atoms with Gasteiger partial charge in [-0.05, 0) is 86.6 Å². The van der Waals surface area contributed by atoms with E-state index in [1.807, 2.05) is 34.5 Å². The Morgan fingerprint density at radius 3 is 1.81 bits per heavy atom. The minimum absolute atomic E-state index is 0. The summed E-state index contributed by atoms with van der Waals surface area (Å²) in [5.74, 6) is 0.836. The normalized spacial score (nSPS) is 12.4. The summed E-state index contributed by atoms with van der Waals surface area (Å²) in [6.45, 7) is 4.51. The smallest absolute Gasteiger partial charge is 0.148 e. The topological polar surface area (TPSA) is 37.1 Å². The Labute approximate surface area is 376 Å². The number of hydrogen-bond acceptors (Lipinski definition) is 3. The second kappa shape index (κ2) is 16.1.